The summed E-state index contributed by atoms with van der Waals surface area (Å²) in [6, 6.07) is 7.00. The van der Waals surface area contributed by atoms with E-state index >= 15 is 0 Å². The zero-order chi connectivity index (χ0) is 17.0. The molecule has 2 bridgehead atoms. The van der Waals surface area contributed by atoms with Crippen LogP contribution >= 0.6 is 0 Å². The highest BCUT2D eigenvalue weighted by atomic mass is 15.2. The third kappa shape index (κ3) is 2.61. The highest BCUT2D eigenvalue weighted by Gasteiger charge is 2.53. The third-order valence-corrected chi connectivity index (χ3v) is 6.95. The number of benzene rings is 1. The maximum absolute atomic E-state index is 2.82. The first-order valence-corrected chi connectivity index (χ1v) is 9.58. The highest BCUT2D eigenvalue weighted by molar-refractivity contribution is 5.64. The Labute approximate surface area is 143 Å². The normalized spacial score (nSPS) is 33.8. The van der Waals surface area contributed by atoms with Crippen molar-refractivity contribution in [2.24, 2.45) is 11.3 Å². The number of rotatable bonds is 3. The average Bonchev–Trinajstić information content (AvgIpc) is 2.48. The third-order valence-electron chi connectivity index (χ3n) is 6.95. The Kier molecular flexibility index (Phi) is 4.06. The minimum Gasteiger partial charge on any atom is -0.365 e. The number of nitrogens with zero attached hydrogens (tertiary/aromatic N) is 1. The number of para-hydroxylation sites is 1. The molecule has 1 saturated carbocycles. The lowest BCUT2D eigenvalue weighted by atomic mass is 9.57. The van der Waals surface area contributed by atoms with Crippen LogP contribution in [0.4, 0.5) is 5.69 Å². The fourth-order valence-corrected chi connectivity index (χ4v) is 5.01. The molecule has 1 aromatic rings. The molecular formula is C22H35N. The quantitative estimate of drug-likeness (QED) is 0.629. The molecular weight excluding hydrogens is 278 g/mol. The molecule has 128 valence electrons. The Balaban J connectivity index is 2.15. The van der Waals surface area contributed by atoms with Crippen molar-refractivity contribution in [2.75, 3.05) is 11.4 Å². The molecule has 23 heavy (non-hydrogen) atoms. The van der Waals surface area contributed by atoms with Crippen LogP contribution in [0.5, 0.6) is 0 Å². The van der Waals surface area contributed by atoms with Crippen molar-refractivity contribution < 1.29 is 0 Å². The second-order valence-corrected chi connectivity index (χ2v) is 9.44. The summed E-state index contributed by atoms with van der Waals surface area (Å²) in [5, 5.41) is 0. The van der Waals surface area contributed by atoms with Crippen molar-refractivity contribution in [3.05, 3.63) is 29.3 Å². The lowest BCUT2D eigenvalue weighted by molar-refractivity contribution is 0.0311. The molecule has 0 radical (unpaired) electrons. The van der Waals surface area contributed by atoms with E-state index in [1.807, 2.05) is 0 Å². The molecule has 1 aliphatic carbocycles. The molecule has 0 amide bonds. The summed E-state index contributed by atoms with van der Waals surface area (Å²) in [7, 11) is 0. The van der Waals surface area contributed by atoms with E-state index in [0.29, 0.717) is 22.8 Å². The van der Waals surface area contributed by atoms with Crippen molar-refractivity contribution in [3.63, 3.8) is 0 Å². The smallest absolute Gasteiger partial charge is 0.0441 e. The molecule has 0 unspecified atom stereocenters. The molecule has 3 atom stereocenters. The van der Waals surface area contributed by atoms with Crippen LogP contribution in [-0.2, 0) is 0 Å². The zero-order valence-electron chi connectivity index (χ0n) is 16.2. The number of anilines is 1. The van der Waals surface area contributed by atoms with E-state index < -0.39 is 0 Å². The Morgan fingerprint density at radius 3 is 2.04 bits per heavy atom. The van der Waals surface area contributed by atoms with Gasteiger partial charge in [0.15, 0.2) is 0 Å². The van der Waals surface area contributed by atoms with Gasteiger partial charge in [0, 0.05) is 17.8 Å². The van der Waals surface area contributed by atoms with Crippen molar-refractivity contribution in [1.82, 2.24) is 0 Å². The van der Waals surface area contributed by atoms with E-state index in [0.717, 1.165) is 5.92 Å². The zero-order valence-corrected chi connectivity index (χ0v) is 16.2. The van der Waals surface area contributed by atoms with Gasteiger partial charge in [-0.15, -0.1) is 0 Å². The Bertz CT molecular complexity index is 561. The number of hydrogen-bond acceptors (Lipinski definition) is 1. The van der Waals surface area contributed by atoms with Crippen LogP contribution < -0.4 is 4.90 Å². The summed E-state index contributed by atoms with van der Waals surface area (Å²) in [5.74, 6) is 2.00. The van der Waals surface area contributed by atoms with Crippen molar-refractivity contribution in [2.45, 2.75) is 85.1 Å². The first-order chi connectivity index (χ1) is 10.7. The summed E-state index contributed by atoms with van der Waals surface area (Å²) in [5.41, 5.74) is 5.47. The van der Waals surface area contributed by atoms with Gasteiger partial charge < -0.3 is 4.90 Å². The van der Waals surface area contributed by atoms with Gasteiger partial charge >= 0.3 is 0 Å². The van der Waals surface area contributed by atoms with E-state index in [1.165, 1.54) is 25.8 Å². The fraction of sp³-hybridized carbons (Fsp3) is 0.727. The van der Waals surface area contributed by atoms with Gasteiger partial charge in [0.2, 0.25) is 0 Å². The van der Waals surface area contributed by atoms with E-state index in [4.69, 9.17) is 0 Å². The van der Waals surface area contributed by atoms with Gasteiger partial charge in [-0.05, 0) is 60.5 Å². The van der Waals surface area contributed by atoms with Crippen LogP contribution in [-0.4, -0.2) is 12.1 Å². The lowest BCUT2D eigenvalue weighted by Gasteiger charge is -2.62. The van der Waals surface area contributed by atoms with Gasteiger partial charge in [0.1, 0.15) is 0 Å². The van der Waals surface area contributed by atoms with Gasteiger partial charge in [-0.1, -0.05) is 59.7 Å². The second-order valence-electron chi connectivity index (χ2n) is 9.44. The number of fused-ring (bicyclic) bond motifs is 3. The van der Waals surface area contributed by atoms with Crippen LogP contribution in [0.15, 0.2) is 18.2 Å². The van der Waals surface area contributed by atoms with E-state index in [2.05, 4.69) is 71.6 Å². The van der Waals surface area contributed by atoms with Crippen LogP contribution in [0.1, 0.15) is 90.7 Å². The van der Waals surface area contributed by atoms with E-state index in [-0.39, 0.29) is 0 Å². The van der Waals surface area contributed by atoms with Crippen LogP contribution in [0, 0.1) is 11.3 Å². The molecule has 4 rings (SSSR count). The number of hydrogen-bond donors (Lipinski definition) is 0. The monoisotopic (exact) mass is 313 g/mol. The summed E-state index contributed by atoms with van der Waals surface area (Å²) >= 11 is 0. The van der Waals surface area contributed by atoms with Gasteiger partial charge in [-0.3, -0.25) is 0 Å². The molecule has 1 aromatic carbocycles. The number of piperidine rings is 2. The SMILES string of the molecule is CC(C)c1cccc(C(C)C)c1N1C[C@@]2(C)CC[C@]1(C)C[C@H]2C. The van der Waals surface area contributed by atoms with Crippen LogP contribution in [0.2, 0.25) is 0 Å². The van der Waals surface area contributed by atoms with Gasteiger partial charge in [-0.25, -0.2) is 0 Å². The fourth-order valence-electron chi connectivity index (χ4n) is 5.01. The predicted octanol–water partition coefficient (Wildman–Crippen LogP) is 6.34. The standard InChI is InChI=1S/C22H35N/c1-15(2)18-9-8-10-19(16(3)4)20(18)23-14-21(6)11-12-22(23,7)13-17(21)5/h8-10,15-17H,11-14H2,1-7H3/t17-,21-,22-/m1/s1. The molecule has 3 aliphatic rings. The molecule has 3 fully saturated rings. The summed E-state index contributed by atoms with van der Waals surface area (Å²) in [6.07, 6.45) is 4.08. The largest absolute Gasteiger partial charge is 0.365 e. The van der Waals surface area contributed by atoms with Crippen molar-refractivity contribution in [3.8, 4) is 0 Å². The topological polar surface area (TPSA) is 3.24 Å². The molecule has 0 spiro atoms. The molecule has 0 aromatic heterocycles. The van der Waals surface area contributed by atoms with Crippen LogP contribution in [0.25, 0.3) is 0 Å². The predicted molar refractivity (Wildman–Crippen MR) is 101 cm³/mol. The lowest BCUT2D eigenvalue weighted by Crippen LogP contribution is -2.64. The average molecular weight is 314 g/mol. The maximum atomic E-state index is 2.82. The van der Waals surface area contributed by atoms with Crippen molar-refractivity contribution in [1.29, 1.82) is 0 Å². The summed E-state index contributed by atoms with van der Waals surface area (Å²) in [6.45, 7) is 18.1. The Morgan fingerprint density at radius 2 is 1.57 bits per heavy atom. The molecule has 2 heterocycles. The van der Waals surface area contributed by atoms with E-state index in [1.54, 1.807) is 16.8 Å². The molecule has 2 aliphatic heterocycles. The van der Waals surface area contributed by atoms with Gasteiger partial charge in [0.05, 0.1) is 0 Å². The summed E-state index contributed by atoms with van der Waals surface area (Å²) in [4.78, 5) is 2.82. The molecule has 2 saturated heterocycles. The minimum atomic E-state index is 0.339. The minimum absolute atomic E-state index is 0.339. The highest BCUT2D eigenvalue weighted by Crippen LogP contribution is 2.56. The maximum Gasteiger partial charge on any atom is 0.0441 e. The van der Waals surface area contributed by atoms with Crippen LogP contribution in [0.3, 0.4) is 0 Å². The van der Waals surface area contributed by atoms with Gasteiger partial charge in [-0.2, -0.15) is 0 Å². The second kappa shape index (κ2) is 5.53. The van der Waals surface area contributed by atoms with Crippen molar-refractivity contribution >= 4 is 5.69 Å². The Hall–Kier alpha value is -0.980. The molecule has 1 heteroatoms. The molecule has 1 nitrogen and oxygen atoms in total. The Morgan fingerprint density at radius 1 is 1.00 bits per heavy atom. The van der Waals surface area contributed by atoms with E-state index in [9.17, 15) is 0 Å². The first kappa shape index (κ1) is 16.9. The van der Waals surface area contributed by atoms with Gasteiger partial charge in [0.25, 0.3) is 0 Å². The first-order valence-electron chi connectivity index (χ1n) is 9.58. The molecule has 0 N–H and O–H groups in total. The summed E-state index contributed by atoms with van der Waals surface area (Å²) < 4.78 is 0.